The average Bonchev–Trinajstić information content (AvgIpc) is 2.67. The molecule has 2 aliphatic heterocycles. The van der Waals surface area contributed by atoms with Crippen LogP contribution in [0.5, 0.6) is 0 Å². The fourth-order valence-corrected chi connectivity index (χ4v) is 2.45. The van der Waals surface area contributed by atoms with Gasteiger partial charge in [0.1, 0.15) is 6.04 Å². The molecule has 4 amide bonds. The highest BCUT2D eigenvalue weighted by atomic mass is 16.7. The number of rotatable bonds is 4. The van der Waals surface area contributed by atoms with Crippen LogP contribution in [0, 0.1) is 0 Å². The monoisotopic (exact) mass is 294 g/mol. The van der Waals surface area contributed by atoms with Crippen molar-refractivity contribution in [3.63, 3.8) is 0 Å². The Hall–Kier alpha value is -2.35. The van der Waals surface area contributed by atoms with Gasteiger partial charge in [-0.3, -0.25) is 25.3 Å². The summed E-state index contributed by atoms with van der Waals surface area (Å²) in [6.45, 7) is 7.16. The minimum atomic E-state index is -0.752. The number of nitrogens with one attached hydrogen (secondary N) is 2. The van der Waals surface area contributed by atoms with E-state index in [4.69, 9.17) is 4.84 Å². The lowest BCUT2D eigenvalue weighted by molar-refractivity contribution is -0.130. The third-order valence-corrected chi connectivity index (χ3v) is 3.26. The van der Waals surface area contributed by atoms with E-state index >= 15 is 0 Å². The predicted octanol–water partition coefficient (Wildman–Crippen LogP) is -0.294. The van der Waals surface area contributed by atoms with E-state index in [1.54, 1.807) is 13.0 Å². The third-order valence-electron chi connectivity index (χ3n) is 3.26. The highest BCUT2D eigenvalue weighted by Gasteiger charge is 2.47. The number of amides is 4. The van der Waals surface area contributed by atoms with Crippen LogP contribution < -0.4 is 10.9 Å². The van der Waals surface area contributed by atoms with Gasteiger partial charge < -0.3 is 4.90 Å². The Balaban J connectivity index is 2.12. The molecule has 1 saturated heterocycles. The molecule has 0 aromatic heterocycles. The Morgan fingerprint density at radius 2 is 2.24 bits per heavy atom. The fourth-order valence-electron chi connectivity index (χ4n) is 2.45. The van der Waals surface area contributed by atoms with Gasteiger partial charge in [0, 0.05) is 6.92 Å². The van der Waals surface area contributed by atoms with E-state index in [1.807, 2.05) is 6.08 Å². The van der Waals surface area contributed by atoms with Crippen molar-refractivity contribution >= 4 is 17.8 Å². The zero-order valence-corrected chi connectivity index (χ0v) is 12.0. The van der Waals surface area contributed by atoms with Gasteiger partial charge >= 0.3 is 6.03 Å². The summed E-state index contributed by atoms with van der Waals surface area (Å²) in [5.41, 5.74) is 5.24. The summed E-state index contributed by atoms with van der Waals surface area (Å²) in [6, 6.07) is -1.35. The largest absolute Gasteiger partial charge is 0.345 e. The molecule has 1 fully saturated rings. The Morgan fingerprint density at radius 3 is 2.86 bits per heavy atom. The molecular weight excluding hydrogens is 276 g/mol. The SMILES string of the molecule is C=CCON1C(=O)N2C[C@H]1C=C(C)[C@H]2C(=O)NNC(C)=O. The second-order valence-electron chi connectivity index (χ2n) is 4.90. The van der Waals surface area contributed by atoms with Crippen molar-refractivity contribution in [2.24, 2.45) is 0 Å². The number of carbonyl (C=O) groups is 3. The van der Waals surface area contributed by atoms with E-state index in [0.29, 0.717) is 6.54 Å². The van der Waals surface area contributed by atoms with E-state index in [-0.39, 0.29) is 24.6 Å². The standard InChI is InChI=1S/C13H18N4O4/c1-4-5-21-17-10-6-8(2)11(16(7-10)13(17)20)12(19)15-14-9(3)18/h4,6,10-11H,1,5,7H2,2-3H3,(H,14,18)(H,15,19)/t10-,11+/m1/s1. The Kier molecular flexibility index (Phi) is 4.27. The molecule has 2 rings (SSSR count). The maximum Gasteiger partial charge on any atom is 0.345 e. The van der Waals surface area contributed by atoms with Gasteiger partial charge in [-0.25, -0.2) is 4.79 Å². The number of carbonyl (C=O) groups excluding carboxylic acids is 3. The number of nitrogens with zero attached hydrogens (tertiary/aromatic N) is 2. The molecule has 114 valence electrons. The fraction of sp³-hybridized carbons (Fsp3) is 0.462. The minimum Gasteiger partial charge on any atom is -0.304 e. The van der Waals surface area contributed by atoms with Gasteiger partial charge in [-0.1, -0.05) is 12.2 Å². The maximum atomic E-state index is 12.3. The summed E-state index contributed by atoms with van der Waals surface area (Å²) in [5, 5.41) is 1.25. The second-order valence-corrected chi connectivity index (χ2v) is 4.90. The van der Waals surface area contributed by atoms with Crippen molar-refractivity contribution in [1.82, 2.24) is 20.8 Å². The van der Waals surface area contributed by atoms with Gasteiger partial charge in [-0.05, 0) is 12.5 Å². The lowest BCUT2D eigenvalue weighted by Gasteiger charge is -2.28. The molecule has 2 atom stereocenters. The van der Waals surface area contributed by atoms with Crippen LogP contribution in [-0.4, -0.2) is 53.0 Å². The summed E-state index contributed by atoms with van der Waals surface area (Å²) < 4.78 is 0. The first-order chi connectivity index (χ1) is 9.95. The first-order valence-corrected chi connectivity index (χ1v) is 6.54. The van der Waals surface area contributed by atoms with Gasteiger partial charge in [0.25, 0.3) is 5.91 Å². The van der Waals surface area contributed by atoms with Crippen molar-refractivity contribution in [1.29, 1.82) is 0 Å². The zero-order valence-electron chi connectivity index (χ0n) is 12.0. The number of hydroxylamine groups is 2. The van der Waals surface area contributed by atoms with E-state index in [9.17, 15) is 14.4 Å². The molecule has 0 radical (unpaired) electrons. The van der Waals surface area contributed by atoms with Crippen molar-refractivity contribution < 1.29 is 19.2 Å². The average molecular weight is 294 g/mol. The first-order valence-electron chi connectivity index (χ1n) is 6.54. The molecular formula is C13H18N4O4. The lowest BCUT2D eigenvalue weighted by atomic mass is 10.0. The maximum absolute atomic E-state index is 12.3. The van der Waals surface area contributed by atoms with E-state index in [0.717, 1.165) is 5.57 Å². The first kappa shape index (κ1) is 15.0. The van der Waals surface area contributed by atoms with Gasteiger partial charge in [0.2, 0.25) is 5.91 Å². The summed E-state index contributed by atoms with van der Waals surface area (Å²) in [6.07, 6.45) is 3.37. The lowest BCUT2D eigenvalue weighted by Crippen LogP contribution is -2.54. The van der Waals surface area contributed by atoms with Crippen LogP contribution >= 0.6 is 0 Å². The van der Waals surface area contributed by atoms with Crippen molar-refractivity contribution in [3.8, 4) is 0 Å². The van der Waals surface area contributed by atoms with Crippen LogP contribution in [0.25, 0.3) is 0 Å². The Morgan fingerprint density at radius 1 is 1.52 bits per heavy atom. The van der Waals surface area contributed by atoms with E-state index < -0.39 is 11.9 Å². The van der Waals surface area contributed by atoms with Crippen molar-refractivity contribution in [2.45, 2.75) is 25.9 Å². The third kappa shape index (κ3) is 2.89. The highest BCUT2D eigenvalue weighted by Crippen LogP contribution is 2.29. The normalized spacial score (nSPS) is 23.7. The summed E-state index contributed by atoms with van der Waals surface area (Å²) >= 11 is 0. The molecule has 2 aliphatic rings. The van der Waals surface area contributed by atoms with Crippen LogP contribution in [0.15, 0.2) is 24.3 Å². The Labute approximate surface area is 122 Å². The number of hydrogen-bond acceptors (Lipinski definition) is 4. The van der Waals surface area contributed by atoms with Crippen LogP contribution in [-0.2, 0) is 14.4 Å². The number of fused-ring (bicyclic) bond motifs is 2. The van der Waals surface area contributed by atoms with Crippen LogP contribution in [0.2, 0.25) is 0 Å². The quantitative estimate of drug-likeness (QED) is 0.550. The number of hydrogen-bond donors (Lipinski definition) is 2. The summed E-state index contributed by atoms with van der Waals surface area (Å²) in [5.74, 6) is -0.848. The van der Waals surface area contributed by atoms with Gasteiger partial charge in [0.05, 0.1) is 19.2 Å². The molecule has 0 aromatic carbocycles. The molecule has 2 heterocycles. The van der Waals surface area contributed by atoms with Crippen LogP contribution in [0.3, 0.4) is 0 Å². The Bertz CT molecular complexity index is 516. The molecule has 0 aromatic rings. The smallest absolute Gasteiger partial charge is 0.304 e. The summed E-state index contributed by atoms with van der Waals surface area (Å²) in [4.78, 5) is 42.0. The highest BCUT2D eigenvalue weighted by molar-refractivity contribution is 5.92. The molecule has 8 heteroatoms. The molecule has 0 aliphatic carbocycles. The van der Waals surface area contributed by atoms with Crippen LogP contribution in [0.1, 0.15) is 13.8 Å². The predicted molar refractivity (Wildman–Crippen MR) is 73.4 cm³/mol. The molecule has 8 nitrogen and oxygen atoms in total. The molecule has 2 bridgehead atoms. The van der Waals surface area contributed by atoms with Gasteiger partial charge in [-0.2, -0.15) is 5.06 Å². The number of urea groups is 1. The zero-order chi connectivity index (χ0) is 15.6. The minimum absolute atomic E-state index is 0.214. The van der Waals surface area contributed by atoms with Gasteiger partial charge in [-0.15, -0.1) is 6.58 Å². The van der Waals surface area contributed by atoms with Gasteiger partial charge in [0.15, 0.2) is 0 Å². The van der Waals surface area contributed by atoms with Crippen molar-refractivity contribution in [3.05, 3.63) is 24.3 Å². The molecule has 21 heavy (non-hydrogen) atoms. The molecule has 0 saturated carbocycles. The van der Waals surface area contributed by atoms with Crippen LogP contribution in [0.4, 0.5) is 4.79 Å². The topological polar surface area (TPSA) is 91.0 Å². The molecule has 0 spiro atoms. The van der Waals surface area contributed by atoms with E-state index in [1.165, 1.54) is 16.9 Å². The molecule has 2 N–H and O–H groups in total. The molecule has 0 unspecified atom stereocenters. The second kappa shape index (κ2) is 5.96. The van der Waals surface area contributed by atoms with E-state index in [2.05, 4.69) is 17.4 Å². The van der Waals surface area contributed by atoms with Crippen molar-refractivity contribution in [2.75, 3.05) is 13.2 Å². The summed E-state index contributed by atoms with van der Waals surface area (Å²) in [7, 11) is 0. The number of hydrazine groups is 1.